The summed E-state index contributed by atoms with van der Waals surface area (Å²) >= 11 is 1.10. The van der Waals surface area contributed by atoms with Gasteiger partial charge in [0.1, 0.15) is 10.6 Å². The molecule has 0 saturated carbocycles. The van der Waals surface area contributed by atoms with E-state index in [1.165, 1.54) is 42.5 Å². The molecule has 0 spiro atoms. The summed E-state index contributed by atoms with van der Waals surface area (Å²) < 4.78 is 19.5. The molecule has 0 aliphatic heterocycles. The van der Waals surface area contributed by atoms with Crippen LogP contribution in [0.4, 0.5) is 4.39 Å². The fourth-order valence-electron chi connectivity index (χ4n) is 3.48. The first-order chi connectivity index (χ1) is 17.5. The lowest BCUT2D eigenvalue weighted by atomic mass is 9.87. The number of nitrogens with one attached hydrogen (secondary N) is 2. The van der Waals surface area contributed by atoms with Crippen LogP contribution in [0.5, 0.6) is 11.5 Å². The van der Waals surface area contributed by atoms with E-state index < -0.39 is 35.1 Å². The number of hydrogen-bond acceptors (Lipinski definition) is 8. The van der Waals surface area contributed by atoms with Crippen molar-refractivity contribution in [2.45, 2.75) is 32.9 Å². The fraction of sp³-hybridized carbons (Fsp3) is 0.269. The lowest BCUT2D eigenvalue weighted by Gasteiger charge is -2.25. The normalized spacial score (nSPS) is 12.1. The Labute approximate surface area is 217 Å². The first kappa shape index (κ1) is 27.8. The number of benzene rings is 2. The van der Waals surface area contributed by atoms with Crippen LogP contribution in [-0.2, 0) is 22.6 Å². The van der Waals surface area contributed by atoms with Crippen LogP contribution < -0.4 is 21.1 Å². The van der Waals surface area contributed by atoms with E-state index in [2.05, 4.69) is 10.6 Å². The molecule has 1 aromatic heterocycles. The van der Waals surface area contributed by atoms with E-state index in [1.54, 1.807) is 26.0 Å². The molecule has 0 radical (unpaired) electrons. The molecular formula is C26H28FN3O6S. The molecule has 9 nitrogen and oxygen atoms in total. The van der Waals surface area contributed by atoms with Crippen LogP contribution in [0.15, 0.2) is 54.6 Å². The number of ether oxygens (including phenoxy) is 1. The lowest BCUT2D eigenvalue weighted by Crippen LogP contribution is -2.42. The predicted molar refractivity (Wildman–Crippen MR) is 136 cm³/mol. The van der Waals surface area contributed by atoms with E-state index >= 15 is 0 Å². The van der Waals surface area contributed by atoms with Gasteiger partial charge in [0.2, 0.25) is 5.91 Å². The Morgan fingerprint density at radius 3 is 2.43 bits per heavy atom. The number of aliphatic carboxylic acids is 1. The maximum absolute atomic E-state index is 14.3. The van der Waals surface area contributed by atoms with Gasteiger partial charge >= 0.3 is 11.9 Å². The van der Waals surface area contributed by atoms with Gasteiger partial charge in [0.15, 0.2) is 17.6 Å². The number of phenols is 1. The van der Waals surface area contributed by atoms with Crippen LogP contribution in [-0.4, -0.2) is 34.7 Å². The van der Waals surface area contributed by atoms with Crippen molar-refractivity contribution in [3.05, 3.63) is 81.3 Å². The second-order valence-electron chi connectivity index (χ2n) is 8.95. The Balaban J connectivity index is 1.65. The first-order valence-corrected chi connectivity index (χ1v) is 12.1. The van der Waals surface area contributed by atoms with Crippen LogP contribution in [0.1, 0.15) is 45.6 Å². The van der Waals surface area contributed by atoms with E-state index in [9.17, 15) is 29.0 Å². The number of hydrogen-bond donors (Lipinski definition) is 5. The summed E-state index contributed by atoms with van der Waals surface area (Å²) in [6.07, 6.45) is 0.218. The summed E-state index contributed by atoms with van der Waals surface area (Å²) in [5.74, 6) is -3.38. The van der Waals surface area contributed by atoms with Crippen molar-refractivity contribution in [1.29, 1.82) is 0 Å². The largest absolute Gasteiger partial charge is 0.508 e. The molecule has 0 unspecified atom stereocenters. The van der Waals surface area contributed by atoms with Gasteiger partial charge in [0, 0.05) is 23.5 Å². The zero-order valence-electron chi connectivity index (χ0n) is 20.3. The Bertz CT molecular complexity index is 1280. The number of nitrogens with two attached hydrogens (primary N) is 1. The molecule has 3 rings (SSSR count). The van der Waals surface area contributed by atoms with Gasteiger partial charge in [-0.3, -0.25) is 4.79 Å². The quantitative estimate of drug-likeness (QED) is 0.144. The van der Waals surface area contributed by atoms with E-state index in [0.717, 1.165) is 11.3 Å². The van der Waals surface area contributed by atoms with Crippen LogP contribution in [0, 0.1) is 11.2 Å². The van der Waals surface area contributed by atoms with E-state index in [0.29, 0.717) is 22.5 Å². The van der Waals surface area contributed by atoms with Crippen molar-refractivity contribution in [2.24, 2.45) is 11.1 Å². The van der Waals surface area contributed by atoms with E-state index in [4.69, 9.17) is 10.5 Å². The van der Waals surface area contributed by atoms with Crippen molar-refractivity contribution >= 4 is 29.2 Å². The van der Waals surface area contributed by atoms with Gasteiger partial charge in [-0.2, -0.15) is 0 Å². The van der Waals surface area contributed by atoms with Gasteiger partial charge in [-0.05, 0) is 53.9 Å². The molecule has 0 saturated heterocycles. The number of aromatic hydroxyl groups is 1. The van der Waals surface area contributed by atoms with Gasteiger partial charge in [0.25, 0.3) is 0 Å². The first-order valence-electron chi connectivity index (χ1n) is 11.3. The Hall–Kier alpha value is -3.80. The number of esters is 1. The van der Waals surface area contributed by atoms with Gasteiger partial charge < -0.3 is 31.3 Å². The molecule has 1 atom stereocenters. The highest BCUT2D eigenvalue weighted by atomic mass is 32.1. The summed E-state index contributed by atoms with van der Waals surface area (Å²) in [6.45, 7) is 3.94. The number of halogens is 1. The topological polar surface area (TPSA) is 151 Å². The van der Waals surface area contributed by atoms with Crippen molar-refractivity contribution < 1.29 is 33.7 Å². The van der Waals surface area contributed by atoms with Crippen LogP contribution in [0.3, 0.4) is 0 Å². The minimum absolute atomic E-state index is 0.0221. The number of carboxylic acid groups (broad SMARTS) is 1. The maximum atomic E-state index is 14.3. The number of thiophene rings is 1. The minimum atomic E-state index is -1.30. The highest BCUT2D eigenvalue weighted by molar-refractivity contribution is 7.14. The molecule has 11 heteroatoms. The van der Waals surface area contributed by atoms with Crippen molar-refractivity contribution in [3.63, 3.8) is 0 Å². The maximum Gasteiger partial charge on any atom is 0.353 e. The zero-order valence-corrected chi connectivity index (χ0v) is 21.1. The average Bonchev–Trinajstić information content (AvgIpc) is 3.31. The highest BCUT2D eigenvalue weighted by Crippen LogP contribution is 2.29. The van der Waals surface area contributed by atoms with Crippen molar-refractivity contribution in [2.75, 3.05) is 6.67 Å². The van der Waals surface area contributed by atoms with Crippen LogP contribution in [0.25, 0.3) is 0 Å². The van der Waals surface area contributed by atoms with Gasteiger partial charge in [-0.1, -0.05) is 32.0 Å². The number of carbonyl (C=O) groups excluding carboxylic acids is 2. The number of carboxylic acids is 1. The lowest BCUT2D eigenvalue weighted by molar-refractivity contribution is -0.143. The molecule has 196 valence electrons. The summed E-state index contributed by atoms with van der Waals surface area (Å²) in [5.41, 5.74) is 5.31. The Morgan fingerprint density at radius 1 is 1.11 bits per heavy atom. The minimum Gasteiger partial charge on any atom is -0.508 e. The number of phenolic OH excluding ortho intramolecular Hbond substituents is 1. The molecule has 1 amide bonds. The third kappa shape index (κ3) is 7.35. The molecule has 0 bridgehead atoms. The molecule has 0 fully saturated rings. The molecule has 1 heterocycles. The Morgan fingerprint density at radius 2 is 1.81 bits per heavy atom. The molecule has 0 aliphatic carbocycles. The summed E-state index contributed by atoms with van der Waals surface area (Å²) in [6, 6.07) is 11.7. The SMILES string of the molecule is CC(C)(Cc1ccc(C(=O)Oc2ccc(CNCN)cc2F)s1)C(=O)N[C@@H](C(=O)O)c1ccc(O)cc1. The van der Waals surface area contributed by atoms with Gasteiger partial charge in [-0.15, -0.1) is 11.3 Å². The summed E-state index contributed by atoms with van der Waals surface area (Å²) in [5, 5.41) is 24.4. The number of amides is 1. The molecule has 6 N–H and O–H groups in total. The van der Waals surface area contributed by atoms with Crippen LogP contribution in [0.2, 0.25) is 0 Å². The predicted octanol–water partition coefficient (Wildman–Crippen LogP) is 3.33. The van der Waals surface area contributed by atoms with Gasteiger partial charge in [-0.25, -0.2) is 14.0 Å². The Kier molecular flexibility index (Phi) is 8.98. The van der Waals surface area contributed by atoms with Crippen LogP contribution >= 0.6 is 11.3 Å². The van der Waals surface area contributed by atoms with E-state index in [-0.39, 0.29) is 29.5 Å². The average molecular weight is 530 g/mol. The summed E-state index contributed by atoms with van der Waals surface area (Å²) in [7, 11) is 0. The second-order valence-corrected chi connectivity index (χ2v) is 10.1. The number of carbonyl (C=O) groups is 3. The standard InChI is InChI=1S/C26H28FN3O6S/c1-26(2,25(35)30-22(23(32)33)16-4-6-17(31)7-5-16)12-18-8-10-21(37-18)24(34)36-20-9-3-15(11-19(20)27)13-29-14-28/h3-11,22,29,31H,12-14,28H2,1-2H3,(H,30,35)(H,32,33)/t22-/m1/s1. The number of rotatable bonds is 11. The smallest absolute Gasteiger partial charge is 0.353 e. The third-order valence-corrected chi connectivity index (χ3v) is 6.58. The van der Waals surface area contributed by atoms with Crippen molar-refractivity contribution in [1.82, 2.24) is 10.6 Å². The summed E-state index contributed by atoms with van der Waals surface area (Å²) in [4.78, 5) is 38.2. The second kappa shape index (κ2) is 12.0. The molecule has 0 aliphatic rings. The zero-order chi connectivity index (χ0) is 27.2. The molecular weight excluding hydrogens is 501 g/mol. The monoisotopic (exact) mass is 529 g/mol. The molecule has 37 heavy (non-hydrogen) atoms. The van der Waals surface area contributed by atoms with Crippen molar-refractivity contribution in [3.8, 4) is 11.5 Å². The highest BCUT2D eigenvalue weighted by Gasteiger charge is 2.33. The fourth-order valence-corrected chi connectivity index (χ4v) is 4.60. The van der Waals surface area contributed by atoms with Gasteiger partial charge in [0.05, 0.1) is 0 Å². The molecule has 3 aromatic rings. The third-order valence-electron chi connectivity index (χ3n) is 5.51. The van der Waals surface area contributed by atoms with E-state index in [1.807, 2.05) is 0 Å². The molecule has 2 aromatic carbocycles.